The number of hydrogen-bond donors (Lipinski definition) is 1. The molecule has 1 aromatic carbocycles. The van der Waals surface area contributed by atoms with Crippen LogP contribution in [0.5, 0.6) is 0 Å². The average molecular weight is 387 g/mol. The maximum absolute atomic E-state index is 6.19. The van der Waals surface area contributed by atoms with Gasteiger partial charge in [-0.1, -0.05) is 36.7 Å². The zero-order valence-corrected chi connectivity index (χ0v) is 15.8. The smallest absolute Gasteiger partial charge is 0.0887 e. The molecule has 0 fully saturated rings. The number of aryl methyl sites for hydroxylation is 2. The highest BCUT2D eigenvalue weighted by Gasteiger charge is 2.16. The summed E-state index contributed by atoms with van der Waals surface area (Å²) in [6.07, 6.45) is 2.12. The second kappa shape index (κ2) is 7.77. The first-order chi connectivity index (χ1) is 10.0. The minimum absolute atomic E-state index is 0.320. The van der Waals surface area contributed by atoms with Crippen LogP contribution >= 0.6 is 38.9 Å². The fourth-order valence-corrected chi connectivity index (χ4v) is 4.12. The zero-order valence-electron chi connectivity index (χ0n) is 12.7. The van der Waals surface area contributed by atoms with Crippen LogP contribution in [0.1, 0.15) is 41.0 Å². The van der Waals surface area contributed by atoms with Gasteiger partial charge in [0.1, 0.15) is 0 Å². The van der Waals surface area contributed by atoms with Gasteiger partial charge in [0, 0.05) is 10.9 Å². The molecule has 0 saturated carbocycles. The van der Waals surface area contributed by atoms with Crippen molar-refractivity contribution in [2.75, 3.05) is 6.54 Å². The van der Waals surface area contributed by atoms with Crippen LogP contribution in [-0.2, 0) is 6.42 Å². The molecule has 21 heavy (non-hydrogen) atoms. The van der Waals surface area contributed by atoms with E-state index >= 15 is 0 Å². The van der Waals surface area contributed by atoms with Crippen LogP contribution in [0.4, 0.5) is 0 Å². The Morgan fingerprint density at radius 3 is 2.57 bits per heavy atom. The van der Waals surface area contributed by atoms with E-state index in [1.165, 1.54) is 21.6 Å². The highest BCUT2D eigenvalue weighted by atomic mass is 79.9. The van der Waals surface area contributed by atoms with Crippen LogP contribution in [-0.4, -0.2) is 6.54 Å². The van der Waals surface area contributed by atoms with Crippen molar-refractivity contribution >= 4 is 38.9 Å². The topological polar surface area (TPSA) is 12.0 Å². The van der Waals surface area contributed by atoms with Crippen molar-refractivity contribution in [2.24, 2.45) is 0 Å². The molecule has 1 heterocycles. The van der Waals surface area contributed by atoms with Gasteiger partial charge in [-0.3, -0.25) is 0 Å². The Bertz CT molecular complexity index is 589. The van der Waals surface area contributed by atoms with Crippen molar-refractivity contribution in [2.45, 2.75) is 39.7 Å². The second-order valence-electron chi connectivity index (χ2n) is 5.40. The molecule has 114 valence electrons. The maximum Gasteiger partial charge on any atom is 0.0887 e. The third kappa shape index (κ3) is 4.56. The molecule has 4 heteroatoms. The molecule has 0 bridgehead atoms. The first-order valence-electron chi connectivity index (χ1n) is 7.25. The van der Waals surface area contributed by atoms with Crippen molar-refractivity contribution < 1.29 is 0 Å². The van der Waals surface area contributed by atoms with E-state index < -0.39 is 0 Å². The quantitative estimate of drug-likeness (QED) is 0.636. The summed E-state index contributed by atoms with van der Waals surface area (Å²) in [7, 11) is 0. The Hall–Kier alpha value is -0.350. The molecule has 1 nitrogen and oxygen atoms in total. The van der Waals surface area contributed by atoms with Gasteiger partial charge in [-0.05, 0) is 71.9 Å². The monoisotopic (exact) mass is 385 g/mol. The number of nitrogens with one attached hydrogen (secondary N) is 1. The Morgan fingerprint density at radius 1 is 1.24 bits per heavy atom. The molecule has 1 unspecified atom stereocenters. The molecule has 0 aliphatic rings. The highest BCUT2D eigenvalue weighted by molar-refractivity contribution is 9.11. The molecular formula is C17H21BrClNS. The molecular weight excluding hydrogens is 366 g/mol. The Balaban J connectivity index is 2.21. The molecule has 0 amide bonds. The SMILES string of the molecule is CCCNC(Cc1ccc(C)c(C)c1)c1cc(Cl)c(Br)s1. The van der Waals surface area contributed by atoms with Crippen LogP contribution in [0.25, 0.3) is 0 Å². The lowest BCUT2D eigenvalue weighted by molar-refractivity contribution is 0.536. The van der Waals surface area contributed by atoms with Crippen LogP contribution in [0.2, 0.25) is 5.02 Å². The van der Waals surface area contributed by atoms with E-state index in [9.17, 15) is 0 Å². The normalized spacial score (nSPS) is 12.6. The summed E-state index contributed by atoms with van der Waals surface area (Å²) in [6.45, 7) is 7.54. The number of benzene rings is 1. The van der Waals surface area contributed by atoms with Crippen molar-refractivity contribution in [3.63, 3.8) is 0 Å². The van der Waals surface area contributed by atoms with E-state index in [0.717, 1.165) is 28.2 Å². The summed E-state index contributed by atoms with van der Waals surface area (Å²) in [4.78, 5) is 1.29. The van der Waals surface area contributed by atoms with Crippen molar-refractivity contribution in [1.29, 1.82) is 0 Å². The predicted octanol–water partition coefficient (Wildman–Crippen LogP) is 6.06. The van der Waals surface area contributed by atoms with Gasteiger partial charge in [-0.15, -0.1) is 11.3 Å². The summed E-state index contributed by atoms with van der Waals surface area (Å²) in [6, 6.07) is 9.12. The summed E-state index contributed by atoms with van der Waals surface area (Å²) in [5.74, 6) is 0. The number of hydrogen-bond acceptors (Lipinski definition) is 2. The van der Waals surface area contributed by atoms with Gasteiger partial charge in [0.05, 0.1) is 8.81 Å². The molecule has 0 aliphatic heterocycles. The number of halogens is 2. The molecule has 0 spiro atoms. The fourth-order valence-electron chi connectivity index (χ4n) is 2.29. The van der Waals surface area contributed by atoms with Gasteiger partial charge in [0.2, 0.25) is 0 Å². The summed E-state index contributed by atoms with van der Waals surface area (Å²) in [5, 5.41) is 4.44. The van der Waals surface area contributed by atoms with E-state index in [1.54, 1.807) is 11.3 Å². The summed E-state index contributed by atoms with van der Waals surface area (Å²) >= 11 is 11.4. The van der Waals surface area contributed by atoms with Gasteiger partial charge >= 0.3 is 0 Å². The van der Waals surface area contributed by atoms with E-state index in [4.69, 9.17) is 11.6 Å². The standard InChI is InChI=1S/C17H21BrClNS/c1-4-7-20-15(16-10-14(19)17(18)21-16)9-13-6-5-11(2)12(3)8-13/h5-6,8,10,15,20H,4,7,9H2,1-3H3. The van der Waals surface area contributed by atoms with Gasteiger partial charge in [0.25, 0.3) is 0 Å². The van der Waals surface area contributed by atoms with Gasteiger partial charge in [-0.25, -0.2) is 0 Å². The van der Waals surface area contributed by atoms with E-state index in [1.807, 2.05) is 0 Å². The first-order valence-corrected chi connectivity index (χ1v) is 9.24. The average Bonchev–Trinajstić information content (AvgIpc) is 2.78. The Kier molecular flexibility index (Phi) is 6.30. The second-order valence-corrected chi connectivity index (χ2v) is 8.21. The fraction of sp³-hybridized carbons (Fsp3) is 0.412. The first kappa shape index (κ1) is 17.0. The largest absolute Gasteiger partial charge is 0.309 e. The molecule has 0 saturated heterocycles. The maximum atomic E-state index is 6.19. The van der Waals surface area contributed by atoms with Gasteiger partial charge < -0.3 is 5.32 Å². The van der Waals surface area contributed by atoms with Crippen molar-refractivity contribution in [3.8, 4) is 0 Å². The van der Waals surface area contributed by atoms with Crippen molar-refractivity contribution in [1.82, 2.24) is 5.32 Å². The van der Waals surface area contributed by atoms with Crippen LogP contribution in [0.15, 0.2) is 28.1 Å². The lowest BCUT2D eigenvalue weighted by Crippen LogP contribution is -2.23. The third-order valence-electron chi connectivity index (χ3n) is 3.66. The van der Waals surface area contributed by atoms with E-state index in [0.29, 0.717) is 6.04 Å². The Labute approximate surface area is 144 Å². The molecule has 1 N–H and O–H groups in total. The highest BCUT2D eigenvalue weighted by Crippen LogP contribution is 2.36. The molecule has 2 rings (SSSR count). The molecule has 1 atom stereocenters. The van der Waals surface area contributed by atoms with Crippen LogP contribution in [0, 0.1) is 13.8 Å². The van der Waals surface area contributed by atoms with E-state index in [-0.39, 0.29) is 0 Å². The van der Waals surface area contributed by atoms with Crippen LogP contribution in [0.3, 0.4) is 0 Å². The molecule has 2 aromatic rings. The van der Waals surface area contributed by atoms with Crippen molar-refractivity contribution in [3.05, 3.63) is 54.6 Å². The van der Waals surface area contributed by atoms with Crippen LogP contribution < -0.4 is 5.32 Å². The summed E-state index contributed by atoms with van der Waals surface area (Å²) < 4.78 is 1.02. The lowest BCUT2D eigenvalue weighted by atomic mass is 10.00. The zero-order chi connectivity index (χ0) is 15.4. The molecule has 0 aliphatic carbocycles. The third-order valence-corrected chi connectivity index (χ3v) is 6.25. The minimum atomic E-state index is 0.320. The minimum Gasteiger partial charge on any atom is -0.309 e. The summed E-state index contributed by atoms with van der Waals surface area (Å²) in [5.41, 5.74) is 4.07. The van der Waals surface area contributed by atoms with E-state index in [2.05, 4.69) is 66.3 Å². The van der Waals surface area contributed by atoms with Gasteiger partial charge in [0.15, 0.2) is 0 Å². The molecule has 0 radical (unpaired) electrons. The number of rotatable bonds is 6. The van der Waals surface area contributed by atoms with Gasteiger partial charge in [-0.2, -0.15) is 0 Å². The predicted molar refractivity (Wildman–Crippen MR) is 97.7 cm³/mol. The number of thiophene rings is 1. The Morgan fingerprint density at radius 2 is 2.00 bits per heavy atom. The lowest BCUT2D eigenvalue weighted by Gasteiger charge is -2.18. The molecule has 1 aromatic heterocycles.